The fourth-order valence-corrected chi connectivity index (χ4v) is 4.42. The molecule has 0 aliphatic carbocycles. The maximum absolute atomic E-state index is 14.0. The molecule has 0 fully saturated rings. The zero-order valence-electron chi connectivity index (χ0n) is 20.2. The van der Waals surface area contributed by atoms with Crippen LogP contribution in [0.5, 0.6) is 5.75 Å². The highest BCUT2D eigenvalue weighted by atomic mass is 19.4. The van der Waals surface area contributed by atoms with Gasteiger partial charge < -0.3 is 15.4 Å². The van der Waals surface area contributed by atoms with Crippen molar-refractivity contribution >= 4 is 17.5 Å². The van der Waals surface area contributed by atoms with E-state index in [1.807, 2.05) is 31.2 Å². The molecule has 37 heavy (non-hydrogen) atoms. The Bertz CT molecular complexity index is 1430. The van der Waals surface area contributed by atoms with Crippen molar-refractivity contribution in [2.75, 3.05) is 17.7 Å². The average Bonchev–Trinajstić information content (AvgIpc) is 3.51. The highest BCUT2D eigenvalue weighted by Crippen LogP contribution is 2.44. The van der Waals surface area contributed by atoms with E-state index in [0.29, 0.717) is 17.9 Å². The number of rotatable bonds is 6. The Morgan fingerprint density at radius 2 is 1.95 bits per heavy atom. The van der Waals surface area contributed by atoms with Gasteiger partial charge >= 0.3 is 6.18 Å². The largest absolute Gasteiger partial charge is 0.497 e. The Morgan fingerprint density at radius 3 is 2.70 bits per heavy atom. The average molecular weight is 511 g/mol. The molecule has 2 N–H and O–H groups in total. The van der Waals surface area contributed by atoms with Gasteiger partial charge in [-0.05, 0) is 35.7 Å². The van der Waals surface area contributed by atoms with E-state index in [0.717, 1.165) is 15.8 Å². The molecule has 2 aromatic carbocycles. The minimum Gasteiger partial charge on any atom is -0.497 e. The van der Waals surface area contributed by atoms with Crippen LogP contribution < -0.4 is 15.4 Å². The third-order valence-corrected chi connectivity index (χ3v) is 6.39. The van der Waals surface area contributed by atoms with Crippen molar-refractivity contribution in [3.8, 4) is 5.75 Å². The van der Waals surface area contributed by atoms with Crippen LogP contribution in [-0.2, 0) is 6.54 Å². The Balaban J connectivity index is 1.35. The van der Waals surface area contributed by atoms with Gasteiger partial charge in [-0.2, -0.15) is 23.4 Å². The number of hydrogen-bond donors (Lipinski definition) is 2. The standard InChI is InChI=1S/C26H25F3N6O2/c1-16-6-3-4-7-18(16)15-34-11-10-23(33-34)31-25(36)21-14-24-30-20(17-8-5-9-19(12-17)37-2)13-22(26(27,28)29)35(24)32-21/h3-12,14,20,22,30H,13,15H2,1-2H3,(H,31,33,36)/t20-,22-/m1/s1. The highest BCUT2D eigenvalue weighted by molar-refractivity contribution is 6.02. The van der Waals surface area contributed by atoms with Gasteiger partial charge in [-0.15, -0.1) is 0 Å². The molecule has 0 saturated carbocycles. The summed E-state index contributed by atoms with van der Waals surface area (Å²) < 4.78 is 49.7. The number of fused-ring (bicyclic) bond motifs is 1. The second-order valence-electron chi connectivity index (χ2n) is 8.91. The summed E-state index contributed by atoms with van der Waals surface area (Å²) in [5.74, 6) is 0.281. The van der Waals surface area contributed by atoms with E-state index in [-0.39, 0.29) is 23.8 Å². The van der Waals surface area contributed by atoms with Crippen molar-refractivity contribution in [3.05, 3.63) is 89.2 Å². The van der Waals surface area contributed by atoms with E-state index < -0.39 is 24.2 Å². The number of halogens is 3. The van der Waals surface area contributed by atoms with Crippen molar-refractivity contribution < 1.29 is 22.7 Å². The third kappa shape index (κ3) is 5.16. The van der Waals surface area contributed by atoms with Crippen molar-refractivity contribution in [1.82, 2.24) is 19.6 Å². The first-order valence-electron chi connectivity index (χ1n) is 11.7. The highest BCUT2D eigenvalue weighted by Gasteiger charge is 2.46. The lowest BCUT2D eigenvalue weighted by Crippen LogP contribution is -2.35. The van der Waals surface area contributed by atoms with Crippen molar-refractivity contribution in [3.63, 3.8) is 0 Å². The minimum absolute atomic E-state index is 0.108. The lowest BCUT2D eigenvalue weighted by molar-refractivity contribution is -0.173. The van der Waals surface area contributed by atoms with Gasteiger partial charge in [-0.25, -0.2) is 4.68 Å². The quantitative estimate of drug-likeness (QED) is 0.365. The van der Waals surface area contributed by atoms with Gasteiger partial charge in [0.1, 0.15) is 11.6 Å². The molecule has 0 radical (unpaired) electrons. The Hall–Kier alpha value is -4.28. The summed E-state index contributed by atoms with van der Waals surface area (Å²) in [6.45, 7) is 2.52. The van der Waals surface area contributed by atoms with Gasteiger partial charge in [-0.3, -0.25) is 9.48 Å². The monoisotopic (exact) mass is 510 g/mol. The second-order valence-corrected chi connectivity index (χ2v) is 8.91. The number of amides is 1. The molecule has 2 atom stereocenters. The molecule has 0 unspecified atom stereocenters. The number of ether oxygens (including phenoxy) is 1. The fraction of sp³-hybridized carbons (Fsp3) is 0.269. The molecule has 0 saturated heterocycles. The summed E-state index contributed by atoms with van der Waals surface area (Å²) in [4.78, 5) is 12.9. The molecular weight excluding hydrogens is 485 g/mol. The smallest absolute Gasteiger partial charge is 0.410 e. The molecule has 5 rings (SSSR count). The van der Waals surface area contributed by atoms with E-state index in [2.05, 4.69) is 20.8 Å². The zero-order valence-corrected chi connectivity index (χ0v) is 20.2. The van der Waals surface area contributed by atoms with Gasteiger partial charge in [0, 0.05) is 24.8 Å². The van der Waals surface area contributed by atoms with E-state index in [1.165, 1.54) is 13.2 Å². The zero-order chi connectivity index (χ0) is 26.2. The molecule has 0 bridgehead atoms. The van der Waals surface area contributed by atoms with E-state index >= 15 is 0 Å². The molecule has 0 spiro atoms. The Morgan fingerprint density at radius 1 is 1.14 bits per heavy atom. The van der Waals surface area contributed by atoms with Crippen LogP contribution >= 0.6 is 0 Å². The molecular formula is C26H25F3N6O2. The van der Waals surface area contributed by atoms with Crippen LogP contribution in [0, 0.1) is 6.92 Å². The first kappa shape index (κ1) is 24.4. The van der Waals surface area contributed by atoms with Gasteiger partial charge in [-0.1, -0.05) is 36.4 Å². The summed E-state index contributed by atoms with van der Waals surface area (Å²) >= 11 is 0. The maximum Gasteiger partial charge on any atom is 0.410 e. The number of nitrogens with zero attached hydrogens (tertiary/aromatic N) is 4. The van der Waals surface area contributed by atoms with Crippen LogP contribution in [0.1, 0.15) is 45.7 Å². The van der Waals surface area contributed by atoms with Crippen molar-refractivity contribution in [1.29, 1.82) is 0 Å². The van der Waals surface area contributed by atoms with Crippen LogP contribution in [0.15, 0.2) is 66.9 Å². The van der Waals surface area contributed by atoms with E-state index in [9.17, 15) is 18.0 Å². The molecule has 1 amide bonds. The lowest BCUT2D eigenvalue weighted by Gasteiger charge is -2.33. The van der Waals surface area contributed by atoms with Gasteiger partial charge in [0.15, 0.2) is 17.6 Å². The number of alkyl halides is 3. The summed E-state index contributed by atoms with van der Waals surface area (Å²) in [5.41, 5.74) is 2.70. The number of methoxy groups -OCH3 is 1. The molecule has 8 nitrogen and oxygen atoms in total. The number of carbonyl (C=O) groups is 1. The molecule has 3 heterocycles. The number of benzene rings is 2. The van der Waals surface area contributed by atoms with Gasteiger partial charge in [0.05, 0.1) is 19.7 Å². The van der Waals surface area contributed by atoms with Gasteiger partial charge in [0.2, 0.25) is 0 Å². The predicted molar refractivity (Wildman–Crippen MR) is 132 cm³/mol. The summed E-state index contributed by atoms with van der Waals surface area (Å²) in [6.07, 6.45) is -3.11. The number of hydrogen-bond acceptors (Lipinski definition) is 5. The van der Waals surface area contributed by atoms with Crippen molar-refractivity contribution in [2.45, 2.75) is 38.1 Å². The molecule has 1 aliphatic rings. The van der Waals surface area contributed by atoms with Crippen LogP contribution in [0.25, 0.3) is 0 Å². The normalized spacial score (nSPS) is 17.1. The van der Waals surface area contributed by atoms with E-state index in [4.69, 9.17) is 4.74 Å². The first-order valence-corrected chi connectivity index (χ1v) is 11.7. The number of nitrogens with one attached hydrogen (secondary N) is 2. The fourth-order valence-electron chi connectivity index (χ4n) is 4.42. The molecule has 1 aliphatic heterocycles. The topological polar surface area (TPSA) is 86.0 Å². The third-order valence-electron chi connectivity index (χ3n) is 6.39. The summed E-state index contributed by atoms with van der Waals surface area (Å²) in [6, 6.07) is 15.2. The van der Waals surface area contributed by atoms with Crippen LogP contribution in [0.2, 0.25) is 0 Å². The Kier molecular flexibility index (Phi) is 6.36. The van der Waals surface area contributed by atoms with Crippen molar-refractivity contribution in [2.24, 2.45) is 0 Å². The van der Waals surface area contributed by atoms with Crippen LogP contribution in [-0.4, -0.2) is 38.8 Å². The number of aromatic nitrogens is 4. The first-order chi connectivity index (χ1) is 17.7. The number of aryl methyl sites for hydroxylation is 1. The molecule has 4 aromatic rings. The number of carbonyl (C=O) groups excluding carboxylic acids is 1. The second kappa shape index (κ2) is 9.64. The lowest BCUT2D eigenvalue weighted by atomic mass is 9.97. The molecule has 11 heteroatoms. The molecule has 2 aromatic heterocycles. The van der Waals surface area contributed by atoms with Crippen LogP contribution in [0.3, 0.4) is 0 Å². The predicted octanol–water partition coefficient (Wildman–Crippen LogP) is 5.36. The van der Waals surface area contributed by atoms with E-state index in [1.54, 1.807) is 41.2 Å². The molecule has 192 valence electrons. The van der Waals surface area contributed by atoms with Gasteiger partial charge in [0.25, 0.3) is 5.91 Å². The SMILES string of the molecule is COc1cccc([C@H]2C[C@H](C(F)(F)F)n3nc(C(=O)Nc4ccn(Cc5ccccc5C)n4)cc3N2)c1. The summed E-state index contributed by atoms with van der Waals surface area (Å²) in [5, 5.41) is 14.1. The Labute approximate surface area is 211 Å². The number of anilines is 2. The summed E-state index contributed by atoms with van der Waals surface area (Å²) in [7, 11) is 1.50. The minimum atomic E-state index is -4.55. The maximum atomic E-state index is 14.0. The van der Waals surface area contributed by atoms with Crippen LogP contribution in [0.4, 0.5) is 24.8 Å².